The smallest absolute Gasteiger partial charge is 0.159 e. The van der Waals surface area contributed by atoms with E-state index in [2.05, 4.69) is 19.9 Å². The number of ketones is 1. The van der Waals surface area contributed by atoms with E-state index in [9.17, 15) is 4.79 Å². The maximum Gasteiger partial charge on any atom is 0.159 e. The Labute approximate surface area is 177 Å². The van der Waals surface area contributed by atoms with Crippen molar-refractivity contribution in [3.8, 4) is 22.8 Å². The number of hydrogen-bond donors (Lipinski definition) is 0. The molecule has 0 N–H and O–H groups in total. The zero-order valence-electron chi connectivity index (χ0n) is 15.2. The van der Waals surface area contributed by atoms with E-state index in [1.807, 2.05) is 54.6 Å². The van der Waals surface area contributed by atoms with Gasteiger partial charge in [-0.05, 0) is 55.5 Å². The summed E-state index contributed by atoms with van der Waals surface area (Å²) in [5, 5.41) is 0. The number of aromatic nitrogens is 4. The second-order valence-electron chi connectivity index (χ2n) is 5.63. The number of pyridine rings is 4. The van der Waals surface area contributed by atoms with Gasteiger partial charge in [-0.3, -0.25) is 24.7 Å². The van der Waals surface area contributed by atoms with Crippen LogP contribution < -0.4 is 0 Å². The first kappa shape index (κ1) is 21.2. The minimum atomic E-state index is 0. The Morgan fingerprint density at radius 3 is 1.43 bits per heavy atom. The first-order valence-corrected chi connectivity index (χ1v) is 8.45. The van der Waals surface area contributed by atoms with Crippen molar-refractivity contribution < 1.29 is 24.6 Å². The molecule has 0 saturated carbocycles. The molecule has 4 rings (SSSR count). The summed E-state index contributed by atoms with van der Waals surface area (Å²) < 4.78 is 0. The number of hydrogen-bond acceptors (Lipinski definition) is 5. The average Bonchev–Trinajstić information content (AvgIpc) is 2.76. The molecule has 0 bridgehead atoms. The van der Waals surface area contributed by atoms with Gasteiger partial charge in [0.05, 0.1) is 22.8 Å². The quantitative estimate of drug-likeness (QED) is 0.356. The molecule has 4 aromatic heterocycles. The van der Waals surface area contributed by atoms with Crippen molar-refractivity contribution in [3.63, 3.8) is 0 Å². The van der Waals surface area contributed by atoms with E-state index >= 15 is 0 Å². The Kier molecular flexibility index (Phi) is 8.26. The fraction of sp³-hybridized carbons (Fsp3) is 0.0455. The predicted octanol–water partition coefficient (Wildman–Crippen LogP) is 4.49. The van der Waals surface area contributed by atoms with E-state index in [1.54, 1.807) is 36.9 Å². The van der Waals surface area contributed by atoms with Crippen LogP contribution in [0, 0.1) is 0 Å². The van der Waals surface area contributed by atoms with Gasteiger partial charge in [-0.1, -0.05) is 18.2 Å². The van der Waals surface area contributed by atoms with Crippen LogP contribution in [0.2, 0.25) is 0 Å². The molecule has 5 nitrogen and oxygen atoms in total. The molecule has 0 atom stereocenters. The second kappa shape index (κ2) is 10.9. The molecule has 6 heteroatoms. The first-order valence-electron chi connectivity index (χ1n) is 8.45. The molecule has 28 heavy (non-hydrogen) atoms. The number of rotatable bonds is 3. The van der Waals surface area contributed by atoms with Gasteiger partial charge in [-0.2, -0.15) is 0 Å². The SMILES string of the molecule is CC(=O)c1ccnc(-c2ccccn2)c1.[Os].c1ccc(-c2ccccn2)nc1. The van der Waals surface area contributed by atoms with E-state index in [-0.39, 0.29) is 25.6 Å². The van der Waals surface area contributed by atoms with Crippen molar-refractivity contribution in [2.24, 2.45) is 0 Å². The molecule has 0 saturated heterocycles. The molecule has 0 radical (unpaired) electrons. The van der Waals surface area contributed by atoms with Gasteiger partial charge in [0.2, 0.25) is 0 Å². The van der Waals surface area contributed by atoms with E-state index in [0.29, 0.717) is 5.56 Å². The van der Waals surface area contributed by atoms with Crippen LogP contribution in [0.1, 0.15) is 17.3 Å². The van der Waals surface area contributed by atoms with Crippen molar-refractivity contribution in [1.29, 1.82) is 0 Å². The molecule has 4 aromatic rings. The Bertz CT molecular complexity index is 959. The summed E-state index contributed by atoms with van der Waals surface area (Å²) in [6.45, 7) is 1.54. The summed E-state index contributed by atoms with van der Waals surface area (Å²) in [7, 11) is 0. The number of nitrogens with zero attached hydrogens (tertiary/aromatic N) is 4. The van der Waals surface area contributed by atoms with Crippen molar-refractivity contribution in [3.05, 3.63) is 97.1 Å². The number of carbonyl (C=O) groups is 1. The average molecular weight is 545 g/mol. The topological polar surface area (TPSA) is 68.6 Å². The van der Waals surface area contributed by atoms with Gasteiger partial charge in [0, 0.05) is 50.1 Å². The van der Waals surface area contributed by atoms with Crippen LogP contribution in [-0.2, 0) is 19.8 Å². The van der Waals surface area contributed by atoms with Gasteiger partial charge in [0.15, 0.2) is 5.78 Å². The molecule has 0 amide bonds. The summed E-state index contributed by atoms with van der Waals surface area (Å²) in [5.74, 6) is 0.0366. The molecule has 0 aliphatic rings. The van der Waals surface area contributed by atoms with E-state index < -0.39 is 0 Å². The fourth-order valence-electron chi connectivity index (χ4n) is 2.33. The molecule has 0 unspecified atom stereocenters. The minimum Gasteiger partial charge on any atom is -0.295 e. The van der Waals surface area contributed by atoms with Gasteiger partial charge in [0.25, 0.3) is 0 Å². The molecule has 0 spiro atoms. The van der Waals surface area contributed by atoms with Crippen LogP contribution in [-0.4, -0.2) is 25.7 Å². The fourth-order valence-corrected chi connectivity index (χ4v) is 2.33. The zero-order chi connectivity index (χ0) is 18.9. The van der Waals surface area contributed by atoms with Crippen LogP contribution in [0.3, 0.4) is 0 Å². The normalized spacial score (nSPS) is 9.46. The van der Waals surface area contributed by atoms with Gasteiger partial charge in [-0.15, -0.1) is 0 Å². The van der Waals surface area contributed by atoms with Crippen molar-refractivity contribution in [2.75, 3.05) is 0 Å². The largest absolute Gasteiger partial charge is 0.295 e. The van der Waals surface area contributed by atoms with E-state index in [4.69, 9.17) is 0 Å². The summed E-state index contributed by atoms with van der Waals surface area (Å²) in [4.78, 5) is 27.9. The van der Waals surface area contributed by atoms with Crippen LogP contribution >= 0.6 is 0 Å². The molecule has 140 valence electrons. The molecular weight excluding hydrogens is 526 g/mol. The molecule has 0 fully saturated rings. The van der Waals surface area contributed by atoms with Crippen molar-refractivity contribution in [2.45, 2.75) is 6.92 Å². The summed E-state index contributed by atoms with van der Waals surface area (Å²) in [6, 6.07) is 20.7. The van der Waals surface area contributed by atoms with Gasteiger partial charge in [0.1, 0.15) is 0 Å². The summed E-state index contributed by atoms with van der Waals surface area (Å²) >= 11 is 0. The second-order valence-corrected chi connectivity index (χ2v) is 5.63. The molecule has 4 heterocycles. The van der Waals surface area contributed by atoms with E-state index in [1.165, 1.54) is 6.92 Å². The van der Waals surface area contributed by atoms with Crippen molar-refractivity contribution in [1.82, 2.24) is 19.9 Å². The minimum absolute atomic E-state index is 0. The van der Waals surface area contributed by atoms with Gasteiger partial charge < -0.3 is 0 Å². The van der Waals surface area contributed by atoms with Crippen LogP contribution in [0.5, 0.6) is 0 Å². The van der Waals surface area contributed by atoms with Crippen LogP contribution in [0.4, 0.5) is 0 Å². The molecule has 0 aromatic carbocycles. The number of Topliss-reactive ketones (excluding diaryl/α,β-unsaturated/α-hetero) is 1. The third kappa shape index (κ3) is 5.97. The maximum atomic E-state index is 11.2. The Morgan fingerprint density at radius 1 is 0.607 bits per heavy atom. The standard InChI is InChI=1S/C12H10N2O.C10H8N2.Os/c1-9(15)10-5-7-14-12(8-10)11-4-2-3-6-13-11;1-3-7-11-9(5-1)10-6-2-4-8-12-10;/h2-8H,1H3;1-8H;. The van der Waals surface area contributed by atoms with Crippen LogP contribution in [0.15, 0.2) is 91.5 Å². The zero-order valence-corrected chi connectivity index (χ0v) is 17.8. The maximum absolute atomic E-state index is 11.2. The van der Waals surface area contributed by atoms with Crippen molar-refractivity contribution >= 4 is 5.78 Å². The Morgan fingerprint density at radius 2 is 1.04 bits per heavy atom. The summed E-state index contributed by atoms with van der Waals surface area (Å²) in [5.41, 5.74) is 3.99. The van der Waals surface area contributed by atoms with E-state index in [0.717, 1.165) is 22.8 Å². The third-order valence-electron chi connectivity index (χ3n) is 3.69. The monoisotopic (exact) mass is 546 g/mol. The molecular formula is C22H18N4OOs. The first-order chi connectivity index (χ1) is 13.2. The number of carbonyl (C=O) groups excluding carboxylic acids is 1. The Hall–Kier alpha value is -3.09. The molecule has 0 aliphatic heterocycles. The molecule has 0 aliphatic carbocycles. The predicted molar refractivity (Wildman–Crippen MR) is 105 cm³/mol. The summed E-state index contributed by atoms with van der Waals surface area (Å²) in [6.07, 6.45) is 6.87. The van der Waals surface area contributed by atoms with Gasteiger partial charge >= 0.3 is 0 Å². The van der Waals surface area contributed by atoms with Crippen LogP contribution in [0.25, 0.3) is 22.8 Å². The Balaban J connectivity index is 0.000000198. The third-order valence-corrected chi connectivity index (χ3v) is 3.69. The van der Waals surface area contributed by atoms with Gasteiger partial charge in [-0.25, -0.2) is 0 Å².